The smallest absolute Gasteiger partial charge is 0.160 e. The lowest BCUT2D eigenvalue weighted by Gasteiger charge is -2.34. The van der Waals surface area contributed by atoms with Gasteiger partial charge in [0.25, 0.3) is 0 Å². The van der Waals surface area contributed by atoms with Crippen molar-refractivity contribution in [3.05, 3.63) is 289 Å². The molecule has 0 N–H and O–H groups in total. The van der Waals surface area contributed by atoms with Crippen molar-refractivity contribution in [1.29, 1.82) is 0 Å². The van der Waals surface area contributed by atoms with E-state index in [0.717, 1.165) is 39.2 Å². The summed E-state index contributed by atoms with van der Waals surface area (Å²) in [4.78, 5) is 10.5. The van der Waals surface area contributed by atoms with Crippen LogP contribution >= 0.6 is 0 Å². The molecule has 0 radical (unpaired) electrons. The second-order valence-electron chi connectivity index (χ2n) is 17.3. The van der Waals surface area contributed by atoms with Crippen LogP contribution in [0.3, 0.4) is 0 Å². The zero-order chi connectivity index (χ0) is 44.6. The van der Waals surface area contributed by atoms with Crippen molar-refractivity contribution in [1.82, 2.24) is 9.97 Å². The monoisotopic (exact) mass is 852 g/mol. The van der Waals surface area contributed by atoms with Crippen molar-refractivity contribution in [2.75, 3.05) is 0 Å². The van der Waals surface area contributed by atoms with E-state index in [9.17, 15) is 0 Å². The maximum absolute atomic E-state index is 5.24. The van der Waals surface area contributed by atoms with Gasteiger partial charge in [-0.1, -0.05) is 249 Å². The lowest BCUT2D eigenvalue weighted by Crippen LogP contribution is -2.28. The summed E-state index contributed by atoms with van der Waals surface area (Å²) in [7, 11) is 0. The van der Waals surface area contributed by atoms with E-state index >= 15 is 0 Å². The predicted molar refractivity (Wildman–Crippen MR) is 277 cm³/mol. The maximum Gasteiger partial charge on any atom is 0.160 e. The molecule has 2 heteroatoms. The number of hydrogen-bond donors (Lipinski definition) is 0. The Kier molecular flexibility index (Phi) is 10.1. The van der Waals surface area contributed by atoms with Gasteiger partial charge in [0.1, 0.15) is 0 Å². The average Bonchev–Trinajstić information content (AvgIpc) is 3.72. The molecule has 1 heterocycles. The van der Waals surface area contributed by atoms with E-state index in [1.165, 1.54) is 66.8 Å². The van der Waals surface area contributed by atoms with Crippen molar-refractivity contribution in [2.24, 2.45) is 0 Å². The van der Waals surface area contributed by atoms with Crippen molar-refractivity contribution >= 4 is 0 Å². The van der Waals surface area contributed by atoms with Crippen LogP contribution in [-0.4, -0.2) is 9.97 Å². The fraction of sp³-hybridized carbons (Fsp3) is 0.0154. The fourth-order valence-corrected chi connectivity index (χ4v) is 10.1. The zero-order valence-electron chi connectivity index (χ0n) is 36.8. The molecule has 1 aliphatic carbocycles. The van der Waals surface area contributed by atoms with Crippen LogP contribution in [-0.2, 0) is 5.41 Å². The molecule has 0 saturated carbocycles. The Balaban J connectivity index is 0.904. The molecule has 0 fully saturated rings. The summed E-state index contributed by atoms with van der Waals surface area (Å²) in [6.45, 7) is 0. The Morgan fingerprint density at radius 2 is 0.582 bits per heavy atom. The minimum absolute atomic E-state index is 0.443. The average molecular weight is 853 g/mol. The molecule has 0 saturated heterocycles. The third-order valence-corrected chi connectivity index (χ3v) is 13.4. The Labute approximate surface area is 392 Å². The van der Waals surface area contributed by atoms with Crippen LogP contribution < -0.4 is 0 Å². The molecule has 67 heavy (non-hydrogen) atoms. The first-order valence-corrected chi connectivity index (χ1v) is 23.0. The van der Waals surface area contributed by atoms with Gasteiger partial charge in [-0.2, -0.15) is 0 Å². The molecule has 0 unspecified atom stereocenters. The molecule has 314 valence electrons. The van der Waals surface area contributed by atoms with Gasteiger partial charge in [-0.3, -0.25) is 0 Å². The SMILES string of the molecule is c1ccc(-c2ccc(-c3cc(-c4ccc(-c5ccccc5)cc4)nc(-c4cccc(-c5ccc(-c6ccc7c(c6)C(c6ccccc6)(c6ccccc6)c6ccccc6-7)cc5)c4)n3)cc2)cc1. The maximum atomic E-state index is 5.24. The highest BCUT2D eigenvalue weighted by Gasteiger charge is 2.46. The van der Waals surface area contributed by atoms with Crippen LogP contribution in [0.15, 0.2) is 267 Å². The number of rotatable bonds is 9. The highest BCUT2D eigenvalue weighted by Crippen LogP contribution is 2.56. The minimum Gasteiger partial charge on any atom is -0.228 e. The van der Waals surface area contributed by atoms with E-state index in [-0.39, 0.29) is 0 Å². The van der Waals surface area contributed by atoms with E-state index in [2.05, 4.69) is 267 Å². The molecule has 2 nitrogen and oxygen atoms in total. The van der Waals surface area contributed by atoms with Crippen LogP contribution in [0.2, 0.25) is 0 Å². The van der Waals surface area contributed by atoms with Gasteiger partial charge in [0.05, 0.1) is 16.8 Å². The summed E-state index contributed by atoms with van der Waals surface area (Å²) in [6, 6.07) is 96.0. The van der Waals surface area contributed by atoms with Gasteiger partial charge in [-0.15, -0.1) is 0 Å². The second-order valence-corrected chi connectivity index (χ2v) is 17.3. The van der Waals surface area contributed by atoms with Crippen LogP contribution in [0.5, 0.6) is 0 Å². The van der Waals surface area contributed by atoms with Crippen molar-refractivity contribution in [2.45, 2.75) is 5.41 Å². The Morgan fingerprint density at radius 3 is 1.10 bits per heavy atom. The molecule has 0 amide bonds. The van der Waals surface area contributed by atoms with Gasteiger partial charge >= 0.3 is 0 Å². The number of benzene rings is 10. The molecule has 0 spiro atoms. The summed E-state index contributed by atoms with van der Waals surface area (Å²) in [5, 5.41) is 0. The topological polar surface area (TPSA) is 25.8 Å². The van der Waals surface area contributed by atoms with Gasteiger partial charge in [-0.25, -0.2) is 9.97 Å². The van der Waals surface area contributed by atoms with Gasteiger partial charge < -0.3 is 0 Å². The predicted octanol–water partition coefficient (Wildman–Crippen LogP) is 16.5. The van der Waals surface area contributed by atoms with E-state index in [1.54, 1.807) is 0 Å². The Hall–Kier alpha value is -8.72. The first kappa shape index (κ1) is 39.8. The first-order chi connectivity index (χ1) is 33.2. The third kappa shape index (κ3) is 7.26. The quantitative estimate of drug-likeness (QED) is 0.145. The molecule has 11 aromatic rings. The summed E-state index contributed by atoms with van der Waals surface area (Å²) in [5.74, 6) is 0.685. The highest BCUT2D eigenvalue weighted by atomic mass is 14.9. The van der Waals surface area contributed by atoms with Gasteiger partial charge in [0.2, 0.25) is 0 Å². The molecule has 0 bridgehead atoms. The molecule has 1 aliphatic rings. The van der Waals surface area contributed by atoms with Crippen LogP contribution in [0, 0.1) is 0 Å². The summed E-state index contributed by atoms with van der Waals surface area (Å²) in [5.41, 5.74) is 21.4. The lowest BCUT2D eigenvalue weighted by molar-refractivity contribution is 0.769. The summed E-state index contributed by atoms with van der Waals surface area (Å²) < 4.78 is 0. The Morgan fingerprint density at radius 1 is 0.224 bits per heavy atom. The van der Waals surface area contributed by atoms with Gasteiger partial charge in [0, 0.05) is 16.7 Å². The number of aromatic nitrogens is 2. The Bertz CT molecular complexity index is 3370. The zero-order valence-corrected chi connectivity index (χ0v) is 36.8. The largest absolute Gasteiger partial charge is 0.228 e. The molecule has 12 rings (SSSR count). The van der Waals surface area contributed by atoms with E-state index in [0.29, 0.717) is 5.82 Å². The molecular formula is C65H44N2. The van der Waals surface area contributed by atoms with Gasteiger partial charge in [-0.05, 0) is 96.1 Å². The molecule has 1 aromatic heterocycles. The van der Waals surface area contributed by atoms with E-state index in [1.807, 2.05) is 0 Å². The van der Waals surface area contributed by atoms with E-state index in [4.69, 9.17) is 9.97 Å². The summed E-state index contributed by atoms with van der Waals surface area (Å²) in [6.07, 6.45) is 0. The molecule has 10 aromatic carbocycles. The fourth-order valence-electron chi connectivity index (χ4n) is 10.1. The summed E-state index contributed by atoms with van der Waals surface area (Å²) >= 11 is 0. The van der Waals surface area contributed by atoms with Crippen LogP contribution in [0.4, 0.5) is 0 Å². The highest BCUT2D eigenvalue weighted by molar-refractivity contribution is 5.89. The van der Waals surface area contributed by atoms with Crippen molar-refractivity contribution in [3.8, 4) is 89.5 Å². The van der Waals surface area contributed by atoms with Gasteiger partial charge in [0.15, 0.2) is 5.82 Å². The minimum atomic E-state index is -0.443. The molecule has 0 atom stereocenters. The molecular weight excluding hydrogens is 809 g/mol. The first-order valence-electron chi connectivity index (χ1n) is 23.0. The third-order valence-electron chi connectivity index (χ3n) is 13.4. The van der Waals surface area contributed by atoms with Crippen molar-refractivity contribution < 1.29 is 0 Å². The normalized spacial score (nSPS) is 12.3. The second kappa shape index (κ2) is 17.0. The standard InChI is InChI=1S/C65H44N2/c1-5-16-45(17-6-1)47-32-36-51(37-33-47)62-44-63(52-38-34-48(35-39-52)46-18-7-2-8-19-46)67-64(66-62)55-21-15-20-53(42-55)49-28-30-50(31-29-49)54-40-41-59-58-26-13-14-27-60(58)65(61(59)43-54,56-22-9-3-10-23-56)57-24-11-4-12-25-57/h1-44H. The number of hydrogen-bond acceptors (Lipinski definition) is 2. The lowest BCUT2D eigenvalue weighted by atomic mass is 9.67. The van der Waals surface area contributed by atoms with Crippen molar-refractivity contribution in [3.63, 3.8) is 0 Å². The molecule has 0 aliphatic heterocycles. The van der Waals surface area contributed by atoms with E-state index < -0.39 is 5.41 Å². The number of fused-ring (bicyclic) bond motifs is 3. The van der Waals surface area contributed by atoms with Crippen LogP contribution in [0.25, 0.3) is 89.5 Å². The van der Waals surface area contributed by atoms with Crippen LogP contribution in [0.1, 0.15) is 22.3 Å². The number of nitrogens with zero attached hydrogens (tertiary/aromatic N) is 2.